The number of aryl methyl sites for hydroxylation is 1. The van der Waals surface area contributed by atoms with E-state index in [1.165, 1.54) is 18.3 Å². The molecule has 0 N–H and O–H groups in total. The van der Waals surface area contributed by atoms with Gasteiger partial charge in [-0.2, -0.15) is 0 Å². The normalized spacial score (nSPS) is 10.7. The van der Waals surface area contributed by atoms with Gasteiger partial charge in [-0.1, -0.05) is 0 Å². The molecule has 162 valence electrons. The minimum Gasteiger partial charge on any atom is -0.494 e. The Morgan fingerprint density at radius 1 is 1.13 bits per heavy atom. The van der Waals surface area contributed by atoms with Gasteiger partial charge in [-0.15, -0.1) is 11.3 Å². The summed E-state index contributed by atoms with van der Waals surface area (Å²) in [6.45, 7) is 5.30. The second-order valence-electron chi connectivity index (χ2n) is 7.05. The highest BCUT2D eigenvalue weighted by Gasteiger charge is 2.19. The van der Waals surface area contributed by atoms with Crippen molar-refractivity contribution < 1.29 is 23.9 Å². The third kappa shape index (κ3) is 5.67. The second kappa shape index (κ2) is 10.2. The Bertz CT molecular complexity index is 1070. The van der Waals surface area contributed by atoms with Gasteiger partial charge in [-0.3, -0.25) is 19.0 Å². The van der Waals surface area contributed by atoms with E-state index in [4.69, 9.17) is 9.47 Å². The van der Waals surface area contributed by atoms with Crippen LogP contribution >= 0.6 is 11.3 Å². The summed E-state index contributed by atoms with van der Waals surface area (Å²) in [7, 11) is 0. The lowest BCUT2D eigenvalue weighted by molar-refractivity contribution is -0.142. The molecule has 0 unspecified atom stereocenters. The summed E-state index contributed by atoms with van der Waals surface area (Å²) in [5.74, 6) is -0.0678. The van der Waals surface area contributed by atoms with Crippen LogP contribution in [0.5, 0.6) is 5.75 Å². The molecular weight excluding hydrogens is 416 g/mol. The summed E-state index contributed by atoms with van der Waals surface area (Å²) < 4.78 is 12.6. The van der Waals surface area contributed by atoms with Crippen LogP contribution in [0.15, 0.2) is 41.9 Å². The van der Waals surface area contributed by atoms with Crippen LogP contribution < -0.4 is 4.74 Å². The topological polar surface area (TPSA) is 87.5 Å². The van der Waals surface area contributed by atoms with E-state index in [0.717, 1.165) is 16.5 Å². The van der Waals surface area contributed by atoms with Crippen molar-refractivity contribution in [3.63, 3.8) is 0 Å². The van der Waals surface area contributed by atoms with E-state index in [2.05, 4.69) is 4.98 Å². The van der Waals surface area contributed by atoms with Crippen molar-refractivity contribution in [3.05, 3.63) is 64.4 Å². The number of hydrogen-bond donors (Lipinski definition) is 0. The van der Waals surface area contributed by atoms with Crippen LogP contribution in [0.25, 0.3) is 5.13 Å². The fourth-order valence-electron chi connectivity index (χ4n) is 3.15. The van der Waals surface area contributed by atoms with E-state index >= 15 is 0 Å². The molecule has 0 fully saturated rings. The van der Waals surface area contributed by atoms with Gasteiger partial charge in [0.2, 0.25) is 5.78 Å². The molecule has 0 aliphatic heterocycles. The summed E-state index contributed by atoms with van der Waals surface area (Å²) in [5.41, 5.74) is 2.82. The molecule has 8 heteroatoms. The number of ketones is 2. The quantitative estimate of drug-likeness (QED) is 0.265. The standard InChI is InChI=1S/C23H24N2O5S/c1-15-13-20(16(2)25(15)23-24-10-12-31-23)21(27)14-30-22(28)5-4-11-29-19-8-6-18(7-9-19)17(3)26/h6-10,12-13H,4-5,11,14H2,1-3H3. The van der Waals surface area contributed by atoms with Crippen LogP contribution in [0, 0.1) is 13.8 Å². The minimum absolute atomic E-state index is 0.00560. The predicted molar refractivity (Wildman–Crippen MR) is 117 cm³/mol. The summed E-state index contributed by atoms with van der Waals surface area (Å²) in [5, 5.41) is 2.67. The molecule has 0 amide bonds. The van der Waals surface area contributed by atoms with E-state index in [1.54, 1.807) is 36.5 Å². The number of ether oxygens (including phenoxy) is 2. The van der Waals surface area contributed by atoms with Crippen LogP contribution in [0.2, 0.25) is 0 Å². The van der Waals surface area contributed by atoms with Crippen molar-refractivity contribution in [3.8, 4) is 10.9 Å². The number of thiazole rings is 1. The first kappa shape index (κ1) is 22.4. The number of hydrogen-bond acceptors (Lipinski definition) is 7. The van der Waals surface area contributed by atoms with Crippen LogP contribution in [0.4, 0.5) is 0 Å². The van der Waals surface area contributed by atoms with Gasteiger partial charge < -0.3 is 9.47 Å². The maximum atomic E-state index is 12.5. The van der Waals surface area contributed by atoms with Gasteiger partial charge in [0.15, 0.2) is 17.5 Å². The number of esters is 1. The molecule has 7 nitrogen and oxygen atoms in total. The zero-order chi connectivity index (χ0) is 22.4. The molecule has 0 bridgehead atoms. The largest absolute Gasteiger partial charge is 0.494 e. The fraction of sp³-hybridized carbons (Fsp3) is 0.304. The predicted octanol–water partition coefficient (Wildman–Crippen LogP) is 4.34. The lowest BCUT2D eigenvalue weighted by Crippen LogP contribution is -2.15. The fourth-order valence-corrected chi connectivity index (χ4v) is 3.91. The Labute approximate surface area is 184 Å². The summed E-state index contributed by atoms with van der Waals surface area (Å²) in [6.07, 6.45) is 2.32. The molecule has 3 aromatic rings. The van der Waals surface area contributed by atoms with Crippen molar-refractivity contribution in [2.75, 3.05) is 13.2 Å². The molecule has 0 spiro atoms. The molecular formula is C23H24N2O5S. The number of benzene rings is 1. The number of rotatable bonds is 10. The van der Waals surface area contributed by atoms with Crippen molar-refractivity contribution in [2.24, 2.45) is 0 Å². The molecule has 0 atom stereocenters. The summed E-state index contributed by atoms with van der Waals surface area (Å²) in [4.78, 5) is 40.1. The summed E-state index contributed by atoms with van der Waals surface area (Å²) >= 11 is 1.49. The molecule has 31 heavy (non-hydrogen) atoms. The maximum Gasteiger partial charge on any atom is 0.306 e. The van der Waals surface area contributed by atoms with Crippen molar-refractivity contribution in [2.45, 2.75) is 33.6 Å². The van der Waals surface area contributed by atoms with E-state index in [1.807, 2.05) is 23.8 Å². The molecule has 0 aliphatic carbocycles. The van der Waals surface area contributed by atoms with Crippen molar-refractivity contribution in [1.29, 1.82) is 0 Å². The molecule has 0 aliphatic rings. The van der Waals surface area contributed by atoms with Gasteiger partial charge in [0.05, 0.1) is 6.61 Å². The molecule has 2 aromatic heterocycles. The zero-order valence-corrected chi connectivity index (χ0v) is 18.5. The molecule has 1 aromatic carbocycles. The Hall–Kier alpha value is -3.26. The van der Waals surface area contributed by atoms with E-state index < -0.39 is 5.97 Å². The smallest absolute Gasteiger partial charge is 0.306 e. The Balaban J connectivity index is 1.43. The highest BCUT2D eigenvalue weighted by Crippen LogP contribution is 2.22. The minimum atomic E-state index is -0.447. The van der Waals surface area contributed by atoms with Crippen LogP contribution in [0.1, 0.15) is 51.9 Å². The Morgan fingerprint density at radius 2 is 1.87 bits per heavy atom. The first-order valence-electron chi connectivity index (χ1n) is 9.88. The second-order valence-corrected chi connectivity index (χ2v) is 7.92. The van der Waals surface area contributed by atoms with Crippen molar-refractivity contribution in [1.82, 2.24) is 9.55 Å². The van der Waals surface area contributed by atoms with Crippen LogP contribution in [0.3, 0.4) is 0 Å². The van der Waals surface area contributed by atoms with Gasteiger partial charge in [0.25, 0.3) is 0 Å². The molecule has 3 rings (SSSR count). The average molecular weight is 441 g/mol. The van der Waals surface area contributed by atoms with Gasteiger partial charge in [-0.05, 0) is 57.5 Å². The van der Waals surface area contributed by atoms with Crippen LogP contribution in [-0.2, 0) is 9.53 Å². The number of aromatic nitrogens is 2. The Morgan fingerprint density at radius 3 is 2.52 bits per heavy atom. The SMILES string of the molecule is CC(=O)c1ccc(OCCCC(=O)OCC(=O)c2cc(C)n(-c3nccs3)c2C)cc1. The monoisotopic (exact) mass is 440 g/mol. The lowest BCUT2D eigenvalue weighted by atomic mass is 10.1. The molecule has 0 saturated heterocycles. The first-order chi connectivity index (χ1) is 14.9. The van der Waals surface area contributed by atoms with E-state index in [-0.39, 0.29) is 24.6 Å². The summed E-state index contributed by atoms with van der Waals surface area (Å²) in [6, 6.07) is 8.62. The number of nitrogens with zero attached hydrogens (tertiary/aromatic N) is 2. The van der Waals surface area contributed by atoms with Gasteiger partial charge in [-0.25, -0.2) is 4.98 Å². The van der Waals surface area contributed by atoms with Crippen LogP contribution in [-0.4, -0.2) is 40.3 Å². The first-order valence-corrected chi connectivity index (χ1v) is 10.8. The third-order valence-corrected chi connectivity index (χ3v) is 5.52. The Kier molecular flexibility index (Phi) is 7.36. The number of Topliss-reactive ketones (excluding diaryl/α,β-unsaturated/α-hetero) is 2. The highest BCUT2D eigenvalue weighted by molar-refractivity contribution is 7.12. The third-order valence-electron chi connectivity index (χ3n) is 4.76. The zero-order valence-electron chi connectivity index (χ0n) is 17.7. The van der Waals surface area contributed by atoms with Crippen molar-refractivity contribution >= 4 is 28.9 Å². The van der Waals surface area contributed by atoms with E-state index in [9.17, 15) is 14.4 Å². The maximum absolute atomic E-state index is 12.5. The lowest BCUT2D eigenvalue weighted by Gasteiger charge is -2.07. The number of carbonyl (C=O) groups is 3. The van der Waals surface area contributed by atoms with Gasteiger partial charge in [0.1, 0.15) is 5.75 Å². The number of carbonyl (C=O) groups excluding carboxylic acids is 3. The molecule has 0 radical (unpaired) electrons. The molecule has 0 saturated carbocycles. The van der Waals surface area contributed by atoms with E-state index in [0.29, 0.717) is 29.9 Å². The van der Waals surface area contributed by atoms with Gasteiger partial charge >= 0.3 is 5.97 Å². The highest BCUT2D eigenvalue weighted by atomic mass is 32.1. The van der Waals surface area contributed by atoms with Gasteiger partial charge in [0, 0.05) is 40.5 Å². The molecule has 2 heterocycles. The average Bonchev–Trinajstić information content (AvgIpc) is 3.37.